The van der Waals surface area contributed by atoms with Crippen molar-refractivity contribution in [2.24, 2.45) is 0 Å². The number of halogens is 1. The van der Waals surface area contributed by atoms with Gasteiger partial charge < -0.3 is 4.74 Å². The molecule has 2 amide bonds. The van der Waals surface area contributed by atoms with Crippen LogP contribution in [0.1, 0.15) is 20.8 Å². The van der Waals surface area contributed by atoms with Gasteiger partial charge >= 0.3 is 0 Å². The van der Waals surface area contributed by atoms with E-state index in [2.05, 4.69) is 16.0 Å². The number of ether oxygens (including phenoxy) is 1. The van der Waals surface area contributed by atoms with Gasteiger partial charge in [0, 0.05) is 0 Å². The highest BCUT2D eigenvalue weighted by molar-refractivity contribution is 6.33. The third kappa shape index (κ3) is 3.68. The van der Waals surface area contributed by atoms with Crippen LogP contribution in [-0.4, -0.2) is 28.7 Å². The van der Waals surface area contributed by atoms with Crippen molar-refractivity contribution in [2.75, 3.05) is 7.11 Å². The molecule has 0 bridgehead atoms. The summed E-state index contributed by atoms with van der Waals surface area (Å²) in [6.07, 6.45) is 1.58. The van der Waals surface area contributed by atoms with Gasteiger partial charge in [0.15, 0.2) is 11.4 Å². The maximum atomic E-state index is 12.4. The number of hydrazine groups is 1. The fourth-order valence-corrected chi connectivity index (χ4v) is 2.48. The maximum Gasteiger partial charge on any atom is 0.294 e. The van der Waals surface area contributed by atoms with Crippen LogP contribution in [0.25, 0.3) is 5.69 Å². The minimum atomic E-state index is -0.614. The molecule has 132 valence electrons. The Hall–Kier alpha value is -3.32. The molecule has 0 spiro atoms. The lowest BCUT2D eigenvalue weighted by atomic mass is 10.2. The van der Waals surface area contributed by atoms with Gasteiger partial charge in [0.05, 0.1) is 29.6 Å². The van der Waals surface area contributed by atoms with E-state index in [0.29, 0.717) is 0 Å². The number of carbonyl (C=O) groups excluding carboxylic acids is 2. The fourth-order valence-electron chi connectivity index (χ4n) is 2.26. The van der Waals surface area contributed by atoms with E-state index in [1.54, 1.807) is 30.5 Å². The van der Waals surface area contributed by atoms with Crippen molar-refractivity contribution in [2.45, 2.75) is 0 Å². The quantitative estimate of drug-likeness (QED) is 0.691. The van der Waals surface area contributed by atoms with Crippen LogP contribution in [0, 0.1) is 0 Å². The number of carbonyl (C=O) groups is 2. The molecule has 0 atom stereocenters. The minimum Gasteiger partial charge on any atom is -0.493 e. The van der Waals surface area contributed by atoms with Crippen LogP contribution in [0.15, 0.2) is 60.8 Å². The van der Waals surface area contributed by atoms with E-state index in [-0.39, 0.29) is 22.0 Å². The number of para-hydroxylation sites is 1. The van der Waals surface area contributed by atoms with Gasteiger partial charge in [0.1, 0.15) is 0 Å². The van der Waals surface area contributed by atoms with Crippen molar-refractivity contribution in [1.29, 1.82) is 0 Å². The third-order valence-corrected chi connectivity index (χ3v) is 3.87. The molecule has 0 unspecified atom stereocenters. The standard InChI is InChI=1S/C18H15ClN4O3/c1-26-15-11-23(12-7-3-2-4-8-12)22-16(15)18(25)21-20-17(24)13-9-5-6-10-14(13)19/h2-11H,1H3,(H,20,24)(H,21,25). The topological polar surface area (TPSA) is 85.2 Å². The van der Waals surface area contributed by atoms with Gasteiger partial charge in [0.2, 0.25) is 0 Å². The number of nitrogens with one attached hydrogen (secondary N) is 2. The second kappa shape index (κ2) is 7.71. The van der Waals surface area contributed by atoms with E-state index < -0.39 is 11.8 Å². The van der Waals surface area contributed by atoms with Crippen LogP contribution in [-0.2, 0) is 0 Å². The fraction of sp³-hybridized carbons (Fsp3) is 0.0556. The first kappa shape index (κ1) is 17.5. The monoisotopic (exact) mass is 370 g/mol. The lowest BCUT2D eigenvalue weighted by Gasteiger charge is -2.07. The smallest absolute Gasteiger partial charge is 0.294 e. The molecule has 0 aliphatic rings. The highest BCUT2D eigenvalue weighted by atomic mass is 35.5. The molecule has 0 aliphatic heterocycles. The first-order chi connectivity index (χ1) is 12.6. The minimum absolute atomic E-state index is 0.0378. The molecule has 1 aromatic heterocycles. The third-order valence-electron chi connectivity index (χ3n) is 3.54. The van der Waals surface area contributed by atoms with Gasteiger partial charge in [-0.15, -0.1) is 0 Å². The molecule has 2 N–H and O–H groups in total. The van der Waals surface area contributed by atoms with Crippen molar-refractivity contribution in [3.8, 4) is 11.4 Å². The lowest BCUT2D eigenvalue weighted by molar-refractivity contribution is 0.0842. The summed E-state index contributed by atoms with van der Waals surface area (Å²) in [5.41, 5.74) is 5.67. The van der Waals surface area contributed by atoms with Gasteiger partial charge in [-0.05, 0) is 24.3 Å². The summed E-state index contributed by atoms with van der Waals surface area (Å²) < 4.78 is 6.72. The first-order valence-corrected chi connectivity index (χ1v) is 8.02. The molecule has 2 aromatic carbocycles. The van der Waals surface area contributed by atoms with E-state index in [0.717, 1.165) is 5.69 Å². The van der Waals surface area contributed by atoms with Gasteiger partial charge in [-0.2, -0.15) is 5.10 Å². The molecular formula is C18H15ClN4O3. The zero-order valence-corrected chi connectivity index (χ0v) is 14.5. The largest absolute Gasteiger partial charge is 0.493 e. The molecule has 0 saturated heterocycles. The van der Waals surface area contributed by atoms with Gasteiger partial charge in [-0.25, -0.2) is 4.68 Å². The number of rotatable bonds is 4. The average Bonchev–Trinajstić information content (AvgIpc) is 3.11. The van der Waals surface area contributed by atoms with Crippen molar-refractivity contribution < 1.29 is 14.3 Å². The van der Waals surface area contributed by atoms with E-state index in [4.69, 9.17) is 16.3 Å². The Bertz CT molecular complexity index is 941. The maximum absolute atomic E-state index is 12.4. The summed E-state index contributed by atoms with van der Waals surface area (Å²) in [6, 6.07) is 15.8. The van der Waals surface area contributed by atoms with E-state index in [9.17, 15) is 9.59 Å². The van der Waals surface area contributed by atoms with Crippen molar-refractivity contribution in [3.63, 3.8) is 0 Å². The molecule has 0 radical (unpaired) electrons. The molecule has 7 nitrogen and oxygen atoms in total. The summed E-state index contributed by atoms with van der Waals surface area (Å²) >= 11 is 5.96. The molecule has 0 saturated carbocycles. The Morgan fingerprint density at radius 3 is 2.35 bits per heavy atom. The summed E-state index contributed by atoms with van der Waals surface area (Å²) in [4.78, 5) is 24.5. The van der Waals surface area contributed by atoms with E-state index >= 15 is 0 Å². The molecule has 8 heteroatoms. The number of methoxy groups -OCH3 is 1. The number of aromatic nitrogens is 2. The summed E-state index contributed by atoms with van der Waals surface area (Å²) in [5.74, 6) is -0.874. The number of hydrogen-bond donors (Lipinski definition) is 2. The number of nitrogens with zero attached hydrogens (tertiary/aromatic N) is 2. The number of hydrogen-bond acceptors (Lipinski definition) is 4. The van der Waals surface area contributed by atoms with E-state index in [1.807, 2.05) is 30.3 Å². The highest BCUT2D eigenvalue weighted by Crippen LogP contribution is 2.19. The predicted octanol–water partition coefficient (Wildman–Crippen LogP) is 2.61. The van der Waals surface area contributed by atoms with Gasteiger partial charge in [-0.1, -0.05) is 41.9 Å². The molecule has 1 heterocycles. The SMILES string of the molecule is COc1cn(-c2ccccc2)nc1C(=O)NNC(=O)c1ccccc1Cl. The van der Waals surface area contributed by atoms with Gasteiger partial charge in [-0.3, -0.25) is 20.4 Å². The highest BCUT2D eigenvalue weighted by Gasteiger charge is 2.19. The summed E-state index contributed by atoms with van der Waals surface area (Å²) in [6.45, 7) is 0. The van der Waals surface area contributed by atoms with Crippen LogP contribution < -0.4 is 15.6 Å². The number of amides is 2. The van der Waals surface area contributed by atoms with Crippen LogP contribution in [0.4, 0.5) is 0 Å². The van der Waals surface area contributed by atoms with Crippen molar-refractivity contribution >= 4 is 23.4 Å². The zero-order chi connectivity index (χ0) is 18.5. The van der Waals surface area contributed by atoms with Crippen LogP contribution in [0.3, 0.4) is 0 Å². The molecule has 3 rings (SSSR count). The Morgan fingerprint density at radius 1 is 1.00 bits per heavy atom. The van der Waals surface area contributed by atoms with Gasteiger partial charge in [0.25, 0.3) is 11.8 Å². The average molecular weight is 371 g/mol. The van der Waals surface area contributed by atoms with E-state index in [1.165, 1.54) is 11.8 Å². The van der Waals surface area contributed by atoms with Crippen molar-refractivity contribution in [3.05, 3.63) is 77.1 Å². The van der Waals surface area contributed by atoms with Crippen molar-refractivity contribution in [1.82, 2.24) is 20.6 Å². The van der Waals surface area contributed by atoms with Crippen LogP contribution >= 0.6 is 11.6 Å². The zero-order valence-electron chi connectivity index (χ0n) is 13.8. The molecule has 26 heavy (non-hydrogen) atoms. The molecular weight excluding hydrogens is 356 g/mol. The molecule has 3 aromatic rings. The lowest BCUT2D eigenvalue weighted by Crippen LogP contribution is -2.42. The first-order valence-electron chi connectivity index (χ1n) is 7.64. The Kier molecular flexibility index (Phi) is 5.19. The second-order valence-electron chi connectivity index (χ2n) is 5.21. The normalized spacial score (nSPS) is 10.2. The van der Waals surface area contributed by atoms with Crippen LogP contribution in [0.5, 0.6) is 5.75 Å². The summed E-state index contributed by atoms with van der Waals surface area (Å²) in [7, 11) is 1.44. The Balaban J connectivity index is 1.75. The predicted molar refractivity (Wildman–Crippen MR) is 96.5 cm³/mol. The molecule has 0 fully saturated rings. The second-order valence-corrected chi connectivity index (χ2v) is 5.62. The Labute approximate surface area is 154 Å². The Morgan fingerprint density at radius 2 is 1.65 bits per heavy atom. The molecule has 0 aliphatic carbocycles. The number of benzene rings is 2. The summed E-state index contributed by atoms with van der Waals surface area (Å²) in [5, 5.41) is 4.50. The van der Waals surface area contributed by atoms with Crippen LogP contribution in [0.2, 0.25) is 5.02 Å².